The summed E-state index contributed by atoms with van der Waals surface area (Å²) in [5.74, 6) is 0. The van der Waals surface area contributed by atoms with Gasteiger partial charge in [0.05, 0.1) is 0 Å². The van der Waals surface area contributed by atoms with Gasteiger partial charge in [0.1, 0.15) is 5.60 Å². The van der Waals surface area contributed by atoms with Crippen molar-refractivity contribution in [2.24, 2.45) is 0 Å². The number of hydrogen-bond acceptors (Lipinski definition) is 1. The predicted molar refractivity (Wildman–Crippen MR) is 79.3 cm³/mol. The molecule has 0 aliphatic carbocycles. The Kier molecular flexibility index (Phi) is 3.99. The number of rotatable bonds is 4. The largest absolute Gasteiger partial charge is 0.407 e. The molecule has 0 aliphatic rings. The van der Waals surface area contributed by atoms with Crippen LogP contribution in [0.5, 0.6) is 0 Å². The van der Waals surface area contributed by atoms with Crippen molar-refractivity contribution in [3.05, 3.63) is 71.8 Å². The summed E-state index contributed by atoms with van der Waals surface area (Å²) < 4.78 is 6.35. The van der Waals surface area contributed by atoms with Gasteiger partial charge in [0.2, 0.25) is 0 Å². The quantitative estimate of drug-likeness (QED) is 0.753. The van der Waals surface area contributed by atoms with Crippen LogP contribution in [0.4, 0.5) is 0 Å². The highest BCUT2D eigenvalue weighted by Gasteiger charge is 2.30. The van der Waals surface area contributed by atoms with Crippen molar-refractivity contribution in [3.8, 4) is 0 Å². The van der Waals surface area contributed by atoms with Crippen LogP contribution in [0.2, 0.25) is 13.1 Å². The predicted octanol–water partition coefficient (Wildman–Crippen LogP) is 3.95. The zero-order valence-corrected chi connectivity index (χ0v) is 12.4. The summed E-state index contributed by atoms with van der Waals surface area (Å²) in [7, 11) is -1.14. The van der Waals surface area contributed by atoms with E-state index in [1.165, 1.54) is 11.1 Å². The minimum absolute atomic E-state index is 0.330. The molecule has 0 heterocycles. The average Bonchev–Trinajstić information content (AvgIpc) is 2.40. The smallest absolute Gasteiger partial charge is 0.172 e. The monoisotopic (exact) mass is 256 g/mol. The van der Waals surface area contributed by atoms with Crippen LogP contribution in [0.25, 0.3) is 0 Å². The fourth-order valence-electron chi connectivity index (χ4n) is 2.29. The summed E-state index contributed by atoms with van der Waals surface area (Å²) >= 11 is 0. The van der Waals surface area contributed by atoms with E-state index in [1.54, 1.807) is 0 Å². The van der Waals surface area contributed by atoms with Crippen molar-refractivity contribution in [1.29, 1.82) is 0 Å². The minimum Gasteiger partial charge on any atom is -0.407 e. The molecular formula is C16H20OSi. The molecule has 0 N–H and O–H groups in total. The molecule has 2 heteroatoms. The maximum absolute atomic E-state index is 6.35. The Labute approximate surface area is 111 Å². The Morgan fingerprint density at radius 3 is 1.50 bits per heavy atom. The molecule has 0 saturated carbocycles. The van der Waals surface area contributed by atoms with E-state index < -0.39 is 9.04 Å². The zero-order chi connectivity index (χ0) is 13.0. The van der Waals surface area contributed by atoms with Crippen LogP contribution in [0.3, 0.4) is 0 Å². The summed E-state index contributed by atoms with van der Waals surface area (Å²) in [6.45, 7) is 6.60. The zero-order valence-electron chi connectivity index (χ0n) is 11.3. The van der Waals surface area contributed by atoms with Gasteiger partial charge in [-0.3, -0.25) is 0 Å². The Morgan fingerprint density at radius 2 is 1.17 bits per heavy atom. The fraction of sp³-hybridized carbons (Fsp3) is 0.250. The molecule has 0 unspecified atom stereocenters. The molecule has 2 aromatic rings. The highest BCUT2D eigenvalue weighted by molar-refractivity contribution is 6.48. The minimum atomic E-state index is -1.14. The summed E-state index contributed by atoms with van der Waals surface area (Å²) in [6, 6.07) is 20.9. The summed E-state index contributed by atoms with van der Waals surface area (Å²) in [6.07, 6.45) is 0. The van der Waals surface area contributed by atoms with Gasteiger partial charge in [0.15, 0.2) is 9.04 Å². The van der Waals surface area contributed by atoms with E-state index in [1.807, 2.05) is 12.1 Å². The van der Waals surface area contributed by atoms with Gasteiger partial charge in [0.25, 0.3) is 0 Å². The second-order valence-corrected chi connectivity index (χ2v) is 7.27. The van der Waals surface area contributed by atoms with Crippen LogP contribution < -0.4 is 0 Å². The average molecular weight is 256 g/mol. The second kappa shape index (κ2) is 5.51. The van der Waals surface area contributed by atoms with E-state index in [0.29, 0.717) is 0 Å². The van der Waals surface area contributed by atoms with Crippen LogP contribution in [0.15, 0.2) is 60.7 Å². The Bertz CT molecular complexity index is 439. The molecule has 0 aliphatic heterocycles. The van der Waals surface area contributed by atoms with Gasteiger partial charge in [-0.05, 0) is 31.1 Å². The van der Waals surface area contributed by atoms with E-state index in [0.717, 1.165) is 0 Å². The van der Waals surface area contributed by atoms with Gasteiger partial charge in [0, 0.05) is 0 Å². The molecular weight excluding hydrogens is 236 g/mol. The first-order chi connectivity index (χ1) is 8.63. The standard InChI is InChI=1S/C16H20OSi/c1-16(17-18(2)3,14-10-6-4-7-11-14)15-12-8-5-9-13-15/h4-13,18H,1-3H3. The van der Waals surface area contributed by atoms with Gasteiger partial charge < -0.3 is 4.43 Å². The third-order valence-corrected chi connectivity index (χ3v) is 4.06. The Hall–Kier alpha value is -1.38. The molecule has 0 radical (unpaired) electrons. The normalized spacial score (nSPS) is 11.8. The van der Waals surface area contributed by atoms with Crippen LogP contribution in [0.1, 0.15) is 18.1 Å². The van der Waals surface area contributed by atoms with Crippen molar-refractivity contribution in [1.82, 2.24) is 0 Å². The van der Waals surface area contributed by atoms with Crippen LogP contribution >= 0.6 is 0 Å². The van der Waals surface area contributed by atoms with Gasteiger partial charge in [-0.15, -0.1) is 0 Å². The maximum Gasteiger partial charge on any atom is 0.172 e. The molecule has 0 saturated heterocycles. The first-order valence-electron chi connectivity index (χ1n) is 6.42. The van der Waals surface area contributed by atoms with Crippen molar-refractivity contribution in [2.45, 2.75) is 25.6 Å². The summed E-state index contributed by atoms with van der Waals surface area (Å²) in [5.41, 5.74) is 2.11. The van der Waals surface area contributed by atoms with Crippen LogP contribution in [-0.2, 0) is 10.0 Å². The van der Waals surface area contributed by atoms with E-state index in [4.69, 9.17) is 4.43 Å². The molecule has 2 rings (SSSR count). The SMILES string of the molecule is C[SiH](C)OC(C)(c1ccccc1)c1ccccc1. The lowest BCUT2D eigenvalue weighted by molar-refractivity contribution is 0.133. The topological polar surface area (TPSA) is 9.23 Å². The number of hydrogen-bond donors (Lipinski definition) is 0. The van der Waals surface area contributed by atoms with E-state index in [-0.39, 0.29) is 5.60 Å². The van der Waals surface area contributed by atoms with Crippen molar-refractivity contribution >= 4 is 9.04 Å². The summed E-state index contributed by atoms with van der Waals surface area (Å²) in [5, 5.41) is 0. The molecule has 0 bridgehead atoms. The Balaban J connectivity index is 2.48. The van der Waals surface area contributed by atoms with Crippen molar-refractivity contribution < 1.29 is 4.43 Å². The first kappa shape index (κ1) is 13.1. The van der Waals surface area contributed by atoms with E-state index in [2.05, 4.69) is 68.5 Å². The maximum atomic E-state index is 6.35. The molecule has 2 aromatic carbocycles. The van der Waals surface area contributed by atoms with Gasteiger partial charge in [-0.25, -0.2) is 0 Å². The van der Waals surface area contributed by atoms with Crippen LogP contribution in [-0.4, -0.2) is 9.04 Å². The van der Waals surface area contributed by atoms with Gasteiger partial charge >= 0.3 is 0 Å². The number of benzene rings is 2. The molecule has 0 amide bonds. The highest BCUT2D eigenvalue weighted by atomic mass is 28.3. The van der Waals surface area contributed by atoms with Crippen molar-refractivity contribution in [2.75, 3.05) is 0 Å². The molecule has 0 spiro atoms. The lowest BCUT2D eigenvalue weighted by Crippen LogP contribution is -2.32. The second-order valence-electron chi connectivity index (χ2n) is 4.93. The molecule has 1 nitrogen and oxygen atoms in total. The third kappa shape index (κ3) is 2.71. The highest BCUT2D eigenvalue weighted by Crippen LogP contribution is 2.33. The van der Waals surface area contributed by atoms with Gasteiger partial charge in [-0.1, -0.05) is 60.7 Å². The van der Waals surface area contributed by atoms with Gasteiger partial charge in [-0.2, -0.15) is 0 Å². The van der Waals surface area contributed by atoms with Crippen molar-refractivity contribution in [3.63, 3.8) is 0 Å². The molecule has 0 aromatic heterocycles. The van der Waals surface area contributed by atoms with Crippen LogP contribution in [0, 0.1) is 0 Å². The lowest BCUT2D eigenvalue weighted by Gasteiger charge is -2.33. The van der Waals surface area contributed by atoms with E-state index in [9.17, 15) is 0 Å². The first-order valence-corrected chi connectivity index (χ1v) is 9.20. The lowest BCUT2D eigenvalue weighted by atomic mass is 9.88. The third-order valence-electron chi connectivity index (χ3n) is 3.12. The fourth-order valence-corrected chi connectivity index (χ4v) is 3.50. The molecule has 94 valence electrons. The summed E-state index contributed by atoms with van der Waals surface area (Å²) in [4.78, 5) is 0. The Morgan fingerprint density at radius 1 is 0.778 bits per heavy atom. The molecule has 18 heavy (non-hydrogen) atoms. The molecule has 0 fully saturated rings. The van der Waals surface area contributed by atoms with E-state index >= 15 is 0 Å². The molecule has 0 atom stereocenters.